The molecule has 0 unspecified atom stereocenters. The van der Waals surface area contributed by atoms with Crippen LogP contribution in [-0.4, -0.2) is 11.1 Å². The van der Waals surface area contributed by atoms with Crippen LogP contribution in [0.3, 0.4) is 0 Å². The molecule has 0 aliphatic rings. The number of aromatic carboxylic acids is 1. The number of aryl methyl sites for hydroxylation is 1. The first-order chi connectivity index (χ1) is 9.11. The topological polar surface area (TPSA) is 46.5 Å². The van der Waals surface area contributed by atoms with Gasteiger partial charge in [-0.2, -0.15) is 0 Å². The lowest BCUT2D eigenvalue weighted by atomic mass is 10.1. The maximum atomic E-state index is 11.1. The molecule has 0 amide bonds. The van der Waals surface area contributed by atoms with Crippen molar-refractivity contribution in [3.8, 4) is 11.5 Å². The van der Waals surface area contributed by atoms with E-state index < -0.39 is 5.97 Å². The molecule has 19 heavy (non-hydrogen) atoms. The molecule has 0 spiro atoms. The molecule has 2 aromatic rings. The molecular weight excluding hydrogens is 264 g/mol. The molecule has 1 N–H and O–H groups in total. The summed E-state index contributed by atoms with van der Waals surface area (Å²) in [6.07, 6.45) is 0.937. The summed E-state index contributed by atoms with van der Waals surface area (Å²) in [6, 6.07) is 12.1. The lowest BCUT2D eigenvalue weighted by Gasteiger charge is -2.10. The summed E-state index contributed by atoms with van der Waals surface area (Å²) in [4.78, 5) is 11.1. The number of carbonyl (C=O) groups is 1. The van der Waals surface area contributed by atoms with Gasteiger partial charge in [-0.1, -0.05) is 36.7 Å². The Morgan fingerprint density at radius 1 is 1.21 bits per heavy atom. The highest BCUT2D eigenvalue weighted by Crippen LogP contribution is 2.33. The second-order valence-corrected chi connectivity index (χ2v) is 4.43. The minimum atomic E-state index is -1.07. The van der Waals surface area contributed by atoms with Gasteiger partial charge < -0.3 is 9.84 Å². The molecule has 4 heteroatoms. The Kier molecular flexibility index (Phi) is 4.07. The highest BCUT2D eigenvalue weighted by Gasteiger charge is 2.15. The van der Waals surface area contributed by atoms with Gasteiger partial charge in [-0.15, -0.1) is 0 Å². The first kappa shape index (κ1) is 13.4. The Bertz CT molecular complexity index is 591. The van der Waals surface area contributed by atoms with Crippen molar-refractivity contribution in [2.75, 3.05) is 0 Å². The Labute approximate surface area is 116 Å². The van der Waals surface area contributed by atoms with Gasteiger partial charge in [0.05, 0.1) is 5.02 Å². The Balaban J connectivity index is 2.34. The first-order valence-electron chi connectivity index (χ1n) is 5.90. The van der Waals surface area contributed by atoms with E-state index in [0.717, 1.165) is 6.42 Å². The number of carboxylic acid groups (broad SMARTS) is 1. The summed E-state index contributed by atoms with van der Waals surface area (Å²) in [5.41, 5.74) is 1.23. The Morgan fingerprint density at radius 3 is 2.47 bits per heavy atom. The van der Waals surface area contributed by atoms with Crippen molar-refractivity contribution in [3.63, 3.8) is 0 Å². The average molecular weight is 277 g/mol. The van der Waals surface area contributed by atoms with Crippen molar-refractivity contribution in [3.05, 3.63) is 58.6 Å². The van der Waals surface area contributed by atoms with Gasteiger partial charge in [0.25, 0.3) is 0 Å². The van der Waals surface area contributed by atoms with Crippen molar-refractivity contribution in [2.45, 2.75) is 13.3 Å². The van der Waals surface area contributed by atoms with Crippen LogP contribution in [-0.2, 0) is 6.42 Å². The maximum Gasteiger partial charge on any atom is 0.339 e. The van der Waals surface area contributed by atoms with E-state index in [2.05, 4.69) is 6.92 Å². The normalized spacial score (nSPS) is 10.2. The van der Waals surface area contributed by atoms with E-state index in [-0.39, 0.29) is 16.3 Å². The Hall–Kier alpha value is -2.00. The number of para-hydroxylation sites is 1. The van der Waals surface area contributed by atoms with Gasteiger partial charge in [-0.05, 0) is 36.2 Å². The van der Waals surface area contributed by atoms with Crippen molar-refractivity contribution < 1.29 is 14.6 Å². The largest absolute Gasteiger partial charge is 0.478 e. The molecule has 0 fully saturated rings. The number of hydrogen-bond acceptors (Lipinski definition) is 2. The zero-order valence-corrected chi connectivity index (χ0v) is 11.1. The van der Waals surface area contributed by atoms with Gasteiger partial charge in [-0.3, -0.25) is 0 Å². The predicted octanol–water partition coefficient (Wildman–Crippen LogP) is 4.39. The number of halogens is 1. The third kappa shape index (κ3) is 3.06. The fourth-order valence-electron chi connectivity index (χ4n) is 1.69. The van der Waals surface area contributed by atoms with Crippen LogP contribution in [0.15, 0.2) is 42.5 Å². The van der Waals surface area contributed by atoms with E-state index in [1.165, 1.54) is 11.6 Å². The summed E-state index contributed by atoms with van der Waals surface area (Å²) < 4.78 is 5.59. The zero-order chi connectivity index (χ0) is 13.8. The molecule has 0 radical (unpaired) electrons. The van der Waals surface area contributed by atoms with Crippen LogP contribution in [0.1, 0.15) is 22.8 Å². The van der Waals surface area contributed by atoms with E-state index >= 15 is 0 Å². The fourth-order valence-corrected chi connectivity index (χ4v) is 1.91. The third-order valence-electron chi connectivity index (χ3n) is 2.75. The van der Waals surface area contributed by atoms with E-state index in [1.807, 2.05) is 12.1 Å². The van der Waals surface area contributed by atoms with Gasteiger partial charge in [-0.25, -0.2) is 4.79 Å². The number of rotatable bonds is 4. The lowest BCUT2D eigenvalue weighted by molar-refractivity contribution is 0.0694. The minimum absolute atomic E-state index is 0.0482. The molecule has 0 atom stereocenters. The molecule has 2 aromatic carbocycles. The van der Waals surface area contributed by atoms with Crippen molar-refractivity contribution in [1.82, 2.24) is 0 Å². The molecular formula is C15H13ClO3. The number of benzene rings is 2. The second-order valence-electron chi connectivity index (χ2n) is 4.02. The van der Waals surface area contributed by atoms with Crippen molar-refractivity contribution in [1.29, 1.82) is 0 Å². The second kappa shape index (κ2) is 5.76. The average Bonchev–Trinajstić information content (AvgIpc) is 2.41. The Morgan fingerprint density at radius 2 is 1.89 bits per heavy atom. The molecule has 0 aromatic heterocycles. The van der Waals surface area contributed by atoms with Crippen LogP contribution < -0.4 is 4.74 Å². The number of carboxylic acids is 1. The summed E-state index contributed by atoms with van der Waals surface area (Å²) in [6.45, 7) is 2.06. The van der Waals surface area contributed by atoms with Gasteiger partial charge >= 0.3 is 5.97 Å². The highest BCUT2D eigenvalue weighted by atomic mass is 35.5. The molecule has 3 nitrogen and oxygen atoms in total. The van der Waals surface area contributed by atoms with Gasteiger partial charge in [0.1, 0.15) is 11.3 Å². The summed E-state index contributed by atoms with van der Waals surface area (Å²) >= 11 is 5.99. The van der Waals surface area contributed by atoms with Crippen LogP contribution in [0.25, 0.3) is 0 Å². The summed E-state index contributed by atoms with van der Waals surface area (Å²) in [7, 11) is 0. The maximum absolute atomic E-state index is 11.1. The standard InChI is InChI=1S/C15H13ClO3/c1-2-10-6-8-11(9-7-10)19-14-12(15(17)18)4-3-5-13(14)16/h3-9H,2H2,1H3,(H,17,18). The summed E-state index contributed by atoms with van der Waals surface area (Å²) in [5, 5.41) is 9.39. The van der Waals surface area contributed by atoms with Crippen LogP contribution >= 0.6 is 11.6 Å². The zero-order valence-electron chi connectivity index (χ0n) is 10.4. The SMILES string of the molecule is CCc1ccc(Oc2c(Cl)cccc2C(=O)O)cc1. The van der Waals surface area contributed by atoms with E-state index in [9.17, 15) is 4.79 Å². The predicted molar refractivity (Wildman–Crippen MR) is 74.3 cm³/mol. The molecule has 2 rings (SSSR count). The lowest BCUT2D eigenvalue weighted by Crippen LogP contribution is -2.00. The van der Waals surface area contributed by atoms with Crippen LogP contribution in [0.2, 0.25) is 5.02 Å². The quantitative estimate of drug-likeness (QED) is 0.901. The molecule has 98 valence electrons. The van der Waals surface area contributed by atoms with Crippen molar-refractivity contribution >= 4 is 17.6 Å². The van der Waals surface area contributed by atoms with Gasteiger partial charge in [0, 0.05) is 0 Å². The molecule has 0 aliphatic heterocycles. The smallest absolute Gasteiger partial charge is 0.339 e. The number of ether oxygens (including phenoxy) is 1. The molecule has 0 bridgehead atoms. The molecule has 0 aliphatic carbocycles. The molecule has 0 heterocycles. The highest BCUT2D eigenvalue weighted by molar-refractivity contribution is 6.32. The van der Waals surface area contributed by atoms with E-state index in [1.54, 1.807) is 24.3 Å². The van der Waals surface area contributed by atoms with Crippen LogP contribution in [0.4, 0.5) is 0 Å². The van der Waals surface area contributed by atoms with Crippen LogP contribution in [0, 0.1) is 0 Å². The van der Waals surface area contributed by atoms with Crippen LogP contribution in [0.5, 0.6) is 11.5 Å². The fraction of sp³-hybridized carbons (Fsp3) is 0.133. The third-order valence-corrected chi connectivity index (χ3v) is 3.05. The van der Waals surface area contributed by atoms with Gasteiger partial charge in [0.2, 0.25) is 0 Å². The van der Waals surface area contributed by atoms with Crippen molar-refractivity contribution in [2.24, 2.45) is 0 Å². The van der Waals surface area contributed by atoms with Gasteiger partial charge in [0.15, 0.2) is 5.75 Å². The first-order valence-corrected chi connectivity index (χ1v) is 6.28. The van der Waals surface area contributed by atoms with E-state index in [4.69, 9.17) is 21.4 Å². The monoisotopic (exact) mass is 276 g/mol. The molecule has 0 saturated heterocycles. The van der Waals surface area contributed by atoms with E-state index in [0.29, 0.717) is 5.75 Å². The minimum Gasteiger partial charge on any atom is -0.478 e. The number of hydrogen-bond donors (Lipinski definition) is 1. The summed E-state index contributed by atoms with van der Waals surface area (Å²) in [5.74, 6) is -0.337. The molecule has 0 saturated carbocycles.